The predicted octanol–water partition coefficient (Wildman–Crippen LogP) is 2.28. The van der Waals surface area contributed by atoms with Crippen LogP contribution in [0.1, 0.15) is 6.92 Å². The maximum atomic E-state index is 12.7. The Hall–Kier alpha value is -1.58. The fourth-order valence-electron chi connectivity index (χ4n) is 0.838. The Morgan fingerprint density at radius 1 is 1.57 bits per heavy atom. The molecule has 0 bridgehead atoms. The van der Waals surface area contributed by atoms with E-state index < -0.39 is 11.9 Å². The highest BCUT2D eigenvalue weighted by molar-refractivity contribution is 5.70. The molecule has 0 N–H and O–H groups in total. The molecule has 14 heavy (non-hydrogen) atoms. The van der Waals surface area contributed by atoms with Crippen molar-refractivity contribution in [2.24, 2.45) is 0 Å². The molecule has 0 aromatic heterocycles. The van der Waals surface area contributed by atoms with Gasteiger partial charge in [-0.25, -0.2) is 9.18 Å². The zero-order chi connectivity index (χ0) is 10.6. The molecular formula is C10H12FNO2. The third kappa shape index (κ3) is 2.73. The van der Waals surface area contributed by atoms with Crippen LogP contribution in [-0.4, -0.2) is 24.6 Å². The van der Waals surface area contributed by atoms with E-state index in [-0.39, 0.29) is 5.75 Å². The molecule has 0 fully saturated rings. The zero-order valence-electron chi connectivity index (χ0n) is 8.16. The second-order valence-electron chi connectivity index (χ2n) is 2.84. The second-order valence-corrected chi connectivity index (χ2v) is 2.84. The van der Waals surface area contributed by atoms with Crippen LogP contribution < -0.4 is 4.74 Å². The predicted molar refractivity (Wildman–Crippen MR) is 50.7 cm³/mol. The normalized spacial score (nSPS) is 9.64. The number of halogens is 1. The number of nitrogens with zero attached hydrogens (tertiary/aromatic N) is 1. The number of hydrogen-bond acceptors (Lipinski definition) is 2. The van der Waals surface area contributed by atoms with Crippen LogP contribution in [0.15, 0.2) is 24.3 Å². The van der Waals surface area contributed by atoms with Gasteiger partial charge in [0, 0.05) is 19.7 Å². The van der Waals surface area contributed by atoms with Gasteiger partial charge >= 0.3 is 6.09 Å². The first kappa shape index (κ1) is 10.5. The molecule has 1 aromatic carbocycles. The quantitative estimate of drug-likeness (QED) is 0.727. The minimum absolute atomic E-state index is 0.218. The Labute approximate surface area is 82.1 Å². The lowest BCUT2D eigenvalue weighted by atomic mass is 10.3. The summed E-state index contributed by atoms with van der Waals surface area (Å²) in [4.78, 5) is 12.6. The first-order chi connectivity index (χ1) is 6.63. The average molecular weight is 197 g/mol. The van der Waals surface area contributed by atoms with Gasteiger partial charge in [-0.3, -0.25) is 0 Å². The van der Waals surface area contributed by atoms with Crippen molar-refractivity contribution in [3.05, 3.63) is 30.1 Å². The molecule has 0 unspecified atom stereocenters. The van der Waals surface area contributed by atoms with Gasteiger partial charge in [0.1, 0.15) is 11.6 Å². The lowest BCUT2D eigenvalue weighted by molar-refractivity contribution is 0.165. The molecule has 1 amide bonds. The summed E-state index contributed by atoms with van der Waals surface area (Å²) in [6.07, 6.45) is -0.488. The number of rotatable bonds is 2. The molecule has 0 aliphatic rings. The minimum Gasteiger partial charge on any atom is -0.410 e. The van der Waals surface area contributed by atoms with E-state index in [9.17, 15) is 9.18 Å². The van der Waals surface area contributed by atoms with E-state index >= 15 is 0 Å². The van der Waals surface area contributed by atoms with Gasteiger partial charge < -0.3 is 9.64 Å². The molecule has 0 spiro atoms. The second kappa shape index (κ2) is 4.60. The van der Waals surface area contributed by atoms with Gasteiger partial charge in [-0.1, -0.05) is 6.07 Å². The first-order valence-electron chi connectivity index (χ1n) is 4.32. The molecule has 3 nitrogen and oxygen atoms in total. The highest BCUT2D eigenvalue weighted by Gasteiger charge is 2.08. The molecular weight excluding hydrogens is 185 g/mol. The van der Waals surface area contributed by atoms with Gasteiger partial charge in [0.25, 0.3) is 0 Å². The van der Waals surface area contributed by atoms with Crippen LogP contribution in [0.2, 0.25) is 0 Å². The van der Waals surface area contributed by atoms with Crippen molar-refractivity contribution in [1.82, 2.24) is 4.90 Å². The summed E-state index contributed by atoms with van der Waals surface area (Å²) in [7, 11) is 1.61. The molecule has 0 heterocycles. The van der Waals surface area contributed by atoms with Crippen molar-refractivity contribution in [3.8, 4) is 5.75 Å². The zero-order valence-corrected chi connectivity index (χ0v) is 8.16. The Morgan fingerprint density at radius 2 is 2.29 bits per heavy atom. The number of carbonyl (C=O) groups is 1. The third-order valence-electron chi connectivity index (χ3n) is 1.79. The van der Waals surface area contributed by atoms with E-state index in [1.54, 1.807) is 7.05 Å². The van der Waals surface area contributed by atoms with Gasteiger partial charge in [0.15, 0.2) is 0 Å². The summed E-state index contributed by atoms with van der Waals surface area (Å²) in [6.45, 7) is 2.38. The largest absolute Gasteiger partial charge is 0.414 e. The van der Waals surface area contributed by atoms with Gasteiger partial charge in [-0.2, -0.15) is 0 Å². The van der Waals surface area contributed by atoms with E-state index in [4.69, 9.17) is 4.74 Å². The standard InChI is InChI=1S/C10H12FNO2/c1-3-12(2)10(13)14-9-6-4-5-8(11)7-9/h4-7H,3H2,1-2H3. The minimum atomic E-state index is -0.488. The van der Waals surface area contributed by atoms with Gasteiger partial charge in [0.2, 0.25) is 0 Å². The van der Waals surface area contributed by atoms with E-state index in [0.717, 1.165) is 0 Å². The number of benzene rings is 1. The van der Waals surface area contributed by atoms with Gasteiger partial charge in [0.05, 0.1) is 0 Å². The molecule has 4 heteroatoms. The Balaban J connectivity index is 2.65. The van der Waals surface area contributed by atoms with E-state index in [1.165, 1.54) is 29.2 Å². The van der Waals surface area contributed by atoms with E-state index in [1.807, 2.05) is 6.92 Å². The highest BCUT2D eigenvalue weighted by atomic mass is 19.1. The summed E-state index contributed by atoms with van der Waals surface area (Å²) >= 11 is 0. The highest BCUT2D eigenvalue weighted by Crippen LogP contribution is 2.12. The molecule has 0 radical (unpaired) electrons. The van der Waals surface area contributed by atoms with Crippen molar-refractivity contribution in [2.75, 3.05) is 13.6 Å². The number of hydrogen-bond donors (Lipinski definition) is 0. The van der Waals surface area contributed by atoms with Crippen LogP contribution in [-0.2, 0) is 0 Å². The van der Waals surface area contributed by atoms with Crippen LogP contribution in [0, 0.1) is 5.82 Å². The van der Waals surface area contributed by atoms with E-state index in [0.29, 0.717) is 6.54 Å². The Kier molecular flexibility index (Phi) is 3.45. The lowest BCUT2D eigenvalue weighted by Crippen LogP contribution is -2.29. The van der Waals surface area contributed by atoms with Crippen molar-refractivity contribution in [2.45, 2.75) is 6.92 Å². The fraction of sp³-hybridized carbons (Fsp3) is 0.300. The van der Waals surface area contributed by atoms with Crippen LogP contribution in [0.4, 0.5) is 9.18 Å². The van der Waals surface area contributed by atoms with Crippen LogP contribution in [0.3, 0.4) is 0 Å². The summed E-state index contributed by atoms with van der Waals surface area (Å²) in [5.41, 5.74) is 0. The van der Waals surface area contributed by atoms with Crippen molar-refractivity contribution >= 4 is 6.09 Å². The molecule has 0 aliphatic carbocycles. The van der Waals surface area contributed by atoms with Crippen molar-refractivity contribution in [3.63, 3.8) is 0 Å². The van der Waals surface area contributed by atoms with Crippen molar-refractivity contribution in [1.29, 1.82) is 0 Å². The Morgan fingerprint density at radius 3 is 2.86 bits per heavy atom. The average Bonchev–Trinajstić information content (AvgIpc) is 2.16. The number of carbonyl (C=O) groups excluding carboxylic acids is 1. The maximum Gasteiger partial charge on any atom is 0.414 e. The van der Waals surface area contributed by atoms with Crippen LogP contribution >= 0.6 is 0 Å². The number of amides is 1. The SMILES string of the molecule is CCN(C)C(=O)Oc1cccc(F)c1. The third-order valence-corrected chi connectivity index (χ3v) is 1.79. The fourth-order valence-corrected chi connectivity index (χ4v) is 0.838. The first-order valence-corrected chi connectivity index (χ1v) is 4.32. The molecule has 1 rings (SSSR count). The lowest BCUT2D eigenvalue weighted by Gasteiger charge is -2.13. The Bertz CT molecular complexity index is 328. The summed E-state index contributed by atoms with van der Waals surface area (Å²) < 4.78 is 17.6. The van der Waals surface area contributed by atoms with Crippen LogP contribution in [0.25, 0.3) is 0 Å². The molecule has 76 valence electrons. The molecule has 0 aliphatic heterocycles. The summed E-state index contributed by atoms with van der Waals surface area (Å²) in [5, 5.41) is 0. The smallest absolute Gasteiger partial charge is 0.410 e. The number of ether oxygens (including phenoxy) is 1. The molecule has 0 saturated carbocycles. The molecule has 0 atom stereocenters. The molecule has 0 saturated heterocycles. The van der Waals surface area contributed by atoms with Crippen LogP contribution in [0.5, 0.6) is 5.75 Å². The van der Waals surface area contributed by atoms with Crippen molar-refractivity contribution < 1.29 is 13.9 Å². The monoisotopic (exact) mass is 197 g/mol. The maximum absolute atomic E-state index is 12.7. The van der Waals surface area contributed by atoms with E-state index in [2.05, 4.69) is 0 Å². The van der Waals surface area contributed by atoms with Gasteiger partial charge in [-0.15, -0.1) is 0 Å². The molecule has 1 aromatic rings. The van der Waals surface area contributed by atoms with Gasteiger partial charge in [-0.05, 0) is 19.1 Å². The summed E-state index contributed by atoms with van der Waals surface area (Å²) in [6, 6.07) is 5.48. The summed E-state index contributed by atoms with van der Waals surface area (Å²) in [5.74, 6) is -0.204. The topological polar surface area (TPSA) is 29.5 Å².